The molecule has 0 aliphatic carbocycles. The van der Waals surface area contributed by atoms with Crippen molar-refractivity contribution in [1.29, 1.82) is 0 Å². The van der Waals surface area contributed by atoms with Gasteiger partial charge in [0.2, 0.25) is 5.91 Å². The van der Waals surface area contributed by atoms with Crippen LogP contribution in [0.4, 0.5) is 24.7 Å². The minimum Gasteiger partial charge on any atom is -0.358 e. The lowest BCUT2D eigenvalue weighted by molar-refractivity contribution is -0.141. The van der Waals surface area contributed by atoms with Crippen LogP contribution in [0.25, 0.3) is 11.4 Å². The summed E-state index contributed by atoms with van der Waals surface area (Å²) in [4.78, 5) is 23.8. The Hall–Kier alpha value is -3.49. The van der Waals surface area contributed by atoms with Gasteiger partial charge < -0.3 is 10.6 Å². The summed E-state index contributed by atoms with van der Waals surface area (Å²) in [7, 11) is 0. The van der Waals surface area contributed by atoms with Crippen LogP contribution in [0.15, 0.2) is 60.9 Å². The molecule has 0 fully saturated rings. The maximum Gasteiger partial charge on any atom is 0.433 e. The van der Waals surface area contributed by atoms with Gasteiger partial charge in [-0.2, -0.15) is 13.2 Å². The van der Waals surface area contributed by atoms with Crippen LogP contribution in [-0.4, -0.2) is 26.9 Å². The molecule has 0 aliphatic rings. The number of nitrogens with one attached hydrogen (secondary N) is 2. The summed E-state index contributed by atoms with van der Waals surface area (Å²) in [6.45, 7) is 1.53. The molecule has 9 heteroatoms. The Kier molecular flexibility index (Phi) is 5.53. The highest BCUT2D eigenvalue weighted by atomic mass is 19.4. The van der Waals surface area contributed by atoms with Crippen molar-refractivity contribution in [2.24, 2.45) is 0 Å². The van der Waals surface area contributed by atoms with Gasteiger partial charge in [0.25, 0.3) is 0 Å². The highest BCUT2D eigenvalue weighted by Crippen LogP contribution is 2.30. The number of aromatic nitrogens is 3. The minimum atomic E-state index is -4.66. The van der Waals surface area contributed by atoms with E-state index in [9.17, 15) is 18.0 Å². The van der Waals surface area contributed by atoms with E-state index in [0.717, 1.165) is 6.07 Å². The lowest BCUT2D eigenvalue weighted by Crippen LogP contribution is -2.32. The van der Waals surface area contributed by atoms with Crippen LogP contribution in [0.2, 0.25) is 0 Å². The van der Waals surface area contributed by atoms with Gasteiger partial charge in [-0.1, -0.05) is 18.2 Å². The van der Waals surface area contributed by atoms with Gasteiger partial charge in [-0.25, -0.2) is 9.97 Å². The van der Waals surface area contributed by atoms with Crippen molar-refractivity contribution in [3.8, 4) is 11.4 Å². The highest BCUT2D eigenvalue weighted by molar-refractivity contribution is 5.96. The van der Waals surface area contributed by atoms with Gasteiger partial charge in [0.05, 0.1) is 0 Å². The normalized spacial score (nSPS) is 12.3. The topological polar surface area (TPSA) is 79.8 Å². The van der Waals surface area contributed by atoms with E-state index < -0.39 is 23.8 Å². The molecular formula is C19H16F3N5O. The lowest BCUT2D eigenvalue weighted by Gasteiger charge is -2.16. The quantitative estimate of drug-likeness (QED) is 0.692. The van der Waals surface area contributed by atoms with E-state index in [1.54, 1.807) is 30.3 Å². The van der Waals surface area contributed by atoms with Crippen LogP contribution in [0.1, 0.15) is 12.6 Å². The fourth-order valence-corrected chi connectivity index (χ4v) is 2.36. The van der Waals surface area contributed by atoms with Gasteiger partial charge >= 0.3 is 6.18 Å². The number of anilines is 2. The molecule has 6 nitrogen and oxygen atoms in total. The van der Waals surface area contributed by atoms with Gasteiger partial charge in [-0.05, 0) is 31.2 Å². The van der Waals surface area contributed by atoms with E-state index in [1.165, 1.54) is 31.5 Å². The number of halogens is 3. The summed E-state index contributed by atoms with van der Waals surface area (Å²) < 4.78 is 39.7. The fourth-order valence-electron chi connectivity index (χ4n) is 2.36. The molecule has 0 spiro atoms. The molecule has 0 saturated carbocycles. The lowest BCUT2D eigenvalue weighted by atomic mass is 10.2. The largest absolute Gasteiger partial charge is 0.433 e. The van der Waals surface area contributed by atoms with E-state index in [-0.39, 0.29) is 11.6 Å². The minimum absolute atomic E-state index is 0.107. The second-order valence-electron chi connectivity index (χ2n) is 5.92. The SMILES string of the molecule is CC(Nc1cc(C(F)(F)F)nc(-c2ccncc2)n1)C(=O)Nc1ccccc1. The third-order valence-electron chi connectivity index (χ3n) is 3.75. The molecule has 0 saturated heterocycles. The third-order valence-corrected chi connectivity index (χ3v) is 3.75. The monoisotopic (exact) mass is 387 g/mol. The van der Waals surface area contributed by atoms with Gasteiger partial charge in [0.15, 0.2) is 11.5 Å². The number of alkyl halides is 3. The second-order valence-corrected chi connectivity index (χ2v) is 5.92. The number of para-hydroxylation sites is 1. The number of rotatable bonds is 5. The first-order valence-electron chi connectivity index (χ1n) is 8.32. The van der Waals surface area contributed by atoms with Gasteiger partial charge in [-0.3, -0.25) is 9.78 Å². The fraction of sp³-hybridized carbons (Fsp3) is 0.158. The van der Waals surface area contributed by atoms with E-state index in [4.69, 9.17) is 0 Å². The molecule has 1 unspecified atom stereocenters. The molecule has 3 rings (SSSR count). The summed E-state index contributed by atoms with van der Waals surface area (Å²) in [5.74, 6) is -0.635. The van der Waals surface area contributed by atoms with Crippen molar-refractivity contribution in [3.63, 3.8) is 0 Å². The molecule has 0 bridgehead atoms. The maximum atomic E-state index is 13.2. The second kappa shape index (κ2) is 8.03. The molecule has 0 radical (unpaired) electrons. The Balaban J connectivity index is 1.85. The molecule has 1 aromatic carbocycles. The van der Waals surface area contributed by atoms with Gasteiger partial charge in [0, 0.05) is 29.7 Å². The number of nitrogens with zero attached hydrogens (tertiary/aromatic N) is 3. The maximum absolute atomic E-state index is 13.2. The predicted octanol–water partition coefficient (Wildman–Crippen LogP) is 4.00. The van der Waals surface area contributed by atoms with Crippen molar-refractivity contribution in [2.75, 3.05) is 10.6 Å². The number of carbonyl (C=O) groups excluding carboxylic acids is 1. The Morgan fingerprint density at radius 3 is 2.36 bits per heavy atom. The molecule has 0 aliphatic heterocycles. The molecule has 1 amide bonds. The standard InChI is InChI=1S/C19H16F3N5O/c1-12(18(28)25-14-5-3-2-4-6-14)24-16-11-15(19(20,21)22)26-17(27-16)13-7-9-23-10-8-13/h2-12H,1H3,(H,25,28)(H,24,26,27). The van der Waals surface area contributed by atoms with E-state index in [0.29, 0.717) is 11.3 Å². The number of pyridine rings is 1. The first kappa shape index (κ1) is 19.3. The van der Waals surface area contributed by atoms with Crippen molar-refractivity contribution >= 4 is 17.4 Å². The summed E-state index contributed by atoms with van der Waals surface area (Å²) in [6.07, 6.45) is -1.79. The van der Waals surface area contributed by atoms with E-state index >= 15 is 0 Å². The van der Waals surface area contributed by atoms with E-state index in [2.05, 4.69) is 25.6 Å². The van der Waals surface area contributed by atoms with Crippen molar-refractivity contribution in [1.82, 2.24) is 15.0 Å². The number of carbonyl (C=O) groups is 1. The van der Waals surface area contributed by atoms with Crippen LogP contribution in [0.5, 0.6) is 0 Å². The van der Waals surface area contributed by atoms with Crippen molar-refractivity contribution in [2.45, 2.75) is 19.1 Å². The zero-order valence-electron chi connectivity index (χ0n) is 14.7. The van der Waals surface area contributed by atoms with Crippen molar-refractivity contribution in [3.05, 3.63) is 66.6 Å². The van der Waals surface area contributed by atoms with Gasteiger partial charge in [0.1, 0.15) is 11.9 Å². The molecule has 28 heavy (non-hydrogen) atoms. The van der Waals surface area contributed by atoms with Crippen LogP contribution < -0.4 is 10.6 Å². The number of hydrogen-bond donors (Lipinski definition) is 2. The first-order valence-corrected chi connectivity index (χ1v) is 8.32. The smallest absolute Gasteiger partial charge is 0.358 e. The Labute approximate surface area is 158 Å². The zero-order chi connectivity index (χ0) is 20.1. The number of amides is 1. The average Bonchev–Trinajstić information content (AvgIpc) is 2.68. The third kappa shape index (κ3) is 4.81. The summed E-state index contributed by atoms with van der Waals surface area (Å²) >= 11 is 0. The van der Waals surface area contributed by atoms with Crippen LogP contribution in [0, 0.1) is 0 Å². The molecular weight excluding hydrogens is 371 g/mol. The van der Waals surface area contributed by atoms with Gasteiger partial charge in [-0.15, -0.1) is 0 Å². The van der Waals surface area contributed by atoms with Crippen LogP contribution in [-0.2, 0) is 11.0 Å². The zero-order valence-corrected chi connectivity index (χ0v) is 14.7. The number of hydrogen-bond acceptors (Lipinski definition) is 5. The molecule has 2 heterocycles. The summed E-state index contributed by atoms with van der Waals surface area (Å²) in [5.41, 5.74) is -0.143. The summed E-state index contributed by atoms with van der Waals surface area (Å²) in [5, 5.41) is 5.38. The van der Waals surface area contributed by atoms with Crippen LogP contribution >= 0.6 is 0 Å². The highest BCUT2D eigenvalue weighted by Gasteiger charge is 2.34. The van der Waals surface area contributed by atoms with Crippen molar-refractivity contribution < 1.29 is 18.0 Å². The molecule has 2 N–H and O–H groups in total. The van der Waals surface area contributed by atoms with E-state index in [1.807, 2.05) is 0 Å². The Morgan fingerprint density at radius 1 is 1.04 bits per heavy atom. The Bertz CT molecular complexity index is 949. The predicted molar refractivity (Wildman–Crippen MR) is 98.4 cm³/mol. The molecule has 144 valence electrons. The molecule has 3 aromatic rings. The molecule has 2 aromatic heterocycles. The number of benzene rings is 1. The van der Waals surface area contributed by atoms with Crippen LogP contribution in [0.3, 0.4) is 0 Å². The average molecular weight is 387 g/mol. The summed E-state index contributed by atoms with van der Waals surface area (Å²) in [6, 6.07) is 11.7. The Morgan fingerprint density at radius 2 is 1.71 bits per heavy atom. The first-order chi connectivity index (χ1) is 13.3. The molecule has 1 atom stereocenters.